The number of hydrogen-bond donors (Lipinski definition) is 1. The van der Waals surface area contributed by atoms with E-state index in [0.717, 1.165) is 16.7 Å². The second-order valence-electron chi connectivity index (χ2n) is 6.91. The number of nitrogens with one attached hydrogen (secondary N) is 1. The van der Waals surface area contributed by atoms with Gasteiger partial charge in [0.15, 0.2) is 5.69 Å². The minimum absolute atomic E-state index is 0.0116. The number of methoxy groups -OCH3 is 1. The van der Waals surface area contributed by atoms with E-state index < -0.39 is 18.0 Å². The van der Waals surface area contributed by atoms with E-state index >= 15 is 0 Å². The maximum atomic E-state index is 12.2. The summed E-state index contributed by atoms with van der Waals surface area (Å²) in [6.07, 6.45) is 0.437. The van der Waals surface area contributed by atoms with Crippen LogP contribution in [-0.2, 0) is 30.3 Å². The molecule has 0 aliphatic heterocycles. The quantitative estimate of drug-likeness (QED) is 0.464. The number of carbonyl (C=O) groups excluding carboxylic acids is 3. The van der Waals surface area contributed by atoms with Crippen molar-refractivity contribution >= 4 is 23.5 Å². The van der Waals surface area contributed by atoms with Crippen molar-refractivity contribution in [3.8, 4) is 11.1 Å². The SMILES string of the molecule is [C-]#[N+]c1cccc(-c2ccc(C[C@H](CC(=O)OCC)NC(=O)CCC(=O)OC)cc2)c1. The molecule has 0 saturated heterocycles. The van der Waals surface area contributed by atoms with Gasteiger partial charge in [-0.3, -0.25) is 14.4 Å². The van der Waals surface area contributed by atoms with Crippen LogP contribution in [0.25, 0.3) is 16.0 Å². The van der Waals surface area contributed by atoms with E-state index in [-0.39, 0.29) is 31.8 Å². The number of carbonyl (C=O) groups is 3. The third-order valence-corrected chi connectivity index (χ3v) is 4.61. The van der Waals surface area contributed by atoms with Gasteiger partial charge in [0.1, 0.15) is 0 Å². The second kappa shape index (κ2) is 12.1. The molecule has 1 N–H and O–H groups in total. The Hall–Kier alpha value is -3.66. The fraction of sp³-hybridized carbons (Fsp3) is 0.333. The first kappa shape index (κ1) is 23.6. The molecule has 2 aromatic carbocycles. The van der Waals surface area contributed by atoms with Crippen molar-refractivity contribution < 1.29 is 23.9 Å². The summed E-state index contributed by atoms with van der Waals surface area (Å²) in [5, 5.41) is 2.81. The number of benzene rings is 2. The number of nitrogens with zero attached hydrogens (tertiary/aromatic N) is 1. The lowest BCUT2D eigenvalue weighted by Gasteiger charge is -2.18. The summed E-state index contributed by atoms with van der Waals surface area (Å²) in [4.78, 5) is 38.9. The zero-order valence-corrected chi connectivity index (χ0v) is 17.7. The van der Waals surface area contributed by atoms with Crippen LogP contribution in [0.15, 0.2) is 48.5 Å². The van der Waals surface area contributed by atoms with Crippen LogP contribution >= 0.6 is 0 Å². The van der Waals surface area contributed by atoms with Crippen molar-refractivity contribution in [1.82, 2.24) is 5.32 Å². The lowest BCUT2D eigenvalue weighted by molar-refractivity contribution is -0.144. The van der Waals surface area contributed by atoms with Gasteiger partial charge in [-0.15, -0.1) is 0 Å². The molecule has 2 aromatic rings. The summed E-state index contributed by atoms with van der Waals surface area (Å²) in [6.45, 7) is 9.14. The molecule has 0 radical (unpaired) electrons. The van der Waals surface area contributed by atoms with Gasteiger partial charge in [0.05, 0.1) is 33.1 Å². The van der Waals surface area contributed by atoms with Crippen molar-refractivity contribution in [1.29, 1.82) is 0 Å². The summed E-state index contributed by atoms with van der Waals surface area (Å²) in [5.74, 6) is -1.18. The summed E-state index contributed by atoms with van der Waals surface area (Å²) in [7, 11) is 1.27. The maximum absolute atomic E-state index is 12.2. The lowest BCUT2D eigenvalue weighted by Crippen LogP contribution is -2.38. The Kier molecular flexibility index (Phi) is 9.24. The molecule has 162 valence electrons. The van der Waals surface area contributed by atoms with Gasteiger partial charge in [0.2, 0.25) is 5.91 Å². The molecule has 0 heterocycles. The van der Waals surface area contributed by atoms with E-state index in [1.165, 1.54) is 7.11 Å². The van der Waals surface area contributed by atoms with Crippen molar-refractivity contribution in [3.05, 3.63) is 65.5 Å². The minimum Gasteiger partial charge on any atom is -0.469 e. The van der Waals surface area contributed by atoms with Gasteiger partial charge in [0.25, 0.3) is 0 Å². The molecule has 0 spiro atoms. The lowest BCUT2D eigenvalue weighted by atomic mass is 9.99. The first-order valence-electron chi connectivity index (χ1n) is 10.0. The van der Waals surface area contributed by atoms with E-state index in [4.69, 9.17) is 11.3 Å². The minimum atomic E-state index is -0.463. The van der Waals surface area contributed by atoms with Crippen LogP contribution in [0.2, 0.25) is 0 Å². The molecule has 0 aromatic heterocycles. The second-order valence-corrected chi connectivity index (χ2v) is 6.91. The van der Waals surface area contributed by atoms with Crippen molar-refractivity contribution in [2.75, 3.05) is 13.7 Å². The average molecular weight is 422 g/mol. The summed E-state index contributed by atoms with van der Waals surface area (Å²) in [5.41, 5.74) is 3.43. The van der Waals surface area contributed by atoms with Crippen LogP contribution in [0.3, 0.4) is 0 Å². The molecule has 7 nitrogen and oxygen atoms in total. The Labute approximate surface area is 182 Å². The number of amides is 1. The van der Waals surface area contributed by atoms with Crippen molar-refractivity contribution in [2.24, 2.45) is 0 Å². The molecule has 7 heteroatoms. The Balaban J connectivity index is 2.07. The van der Waals surface area contributed by atoms with Crippen LogP contribution in [-0.4, -0.2) is 37.6 Å². The highest BCUT2D eigenvalue weighted by atomic mass is 16.5. The van der Waals surface area contributed by atoms with E-state index in [0.29, 0.717) is 12.1 Å². The summed E-state index contributed by atoms with van der Waals surface area (Å²) >= 11 is 0. The first-order valence-corrected chi connectivity index (χ1v) is 10.0. The van der Waals surface area contributed by atoms with Gasteiger partial charge < -0.3 is 14.8 Å². The van der Waals surface area contributed by atoms with Gasteiger partial charge >= 0.3 is 11.9 Å². The molecular weight excluding hydrogens is 396 g/mol. The normalized spacial score (nSPS) is 11.1. The van der Waals surface area contributed by atoms with Gasteiger partial charge in [-0.25, -0.2) is 4.85 Å². The predicted molar refractivity (Wildman–Crippen MR) is 116 cm³/mol. The first-order chi connectivity index (χ1) is 14.9. The number of ether oxygens (including phenoxy) is 2. The molecule has 0 bridgehead atoms. The zero-order chi connectivity index (χ0) is 22.6. The molecule has 0 saturated carbocycles. The van der Waals surface area contributed by atoms with Crippen molar-refractivity contribution in [3.63, 3.8) is 0 Å². The summed E-state index contributed by atoms with van der Waals surface area (Å²) < 4.78 is 9.57. The third kappa shape index (κ3) is 7.94. The average Bonchev–Trinajstić information content (AvgIpc) is 2.78. The Morgan fingerprint density at radius 1 is 1.03 bits per heavy atom. The highest BCUT2D eigenvalue weighted by Crippen LogP contribution is 2.24. The monoisotopic (exact) mass is 422 g/mol. The Morgan fingerprint density at radius 2 is 1.77 bits per heavy atom. The van der Waals surface area contributed by atoms with E-state index in [1.54, 1.807) is 13.0 Å². The van der Waals surface area contributed by atoms with Crippen molar-refractivity contribution in [2.45, 2.75) is 38.6 Å². The standard InChI is InChI=1S/C24H26N2O5/c1-4-31-24(29)16-21(26-22(27)12-13-23(28)30-3)14-17-8-10-18(11-9-17)19-6-5-7-20(15-19)25-2/h5-11,15,21H,4,12-14,16H2,1,3H3,(H,26,27)/t21-/m1/s1. The Morgan fingerprint density at radius 3 is 2.42 bits per heavy atom. The topological polar surface area (TPSA) is 86.1 Å². The fourth-order valence-corrected chi connectivity index (χ4v) is 3.09. The third-order valence-electron chi connectivity index (χ3n) is 4.61. The molecular formula is C24H26N2O5. The molecule has 1 amide bonds. The van der Waals surface area contributed by atoms with Gasteiger partial charge in [-0.05, 0) is 36.1 Å². The molecule has 31 heavy (non-hydrogen) atoms. The molecule has 0 unspecified atom stereocenters. The van der Waals surface area contributed by atoms with Crippen LogP contribution in [0, 0.1) is 6.57 Å². The van der Waals surface area contributed by atoms with Crippen LogP contribution in [0.1, 0.15) is 31.7 Å². The van der Waals surface area contributed by atoms with Gasteiger partial charge in [0, 0.05) is 12.5 Å². The smallest absolute Gasteiger partial charge is 0.307 e. The molecule has 0 fully saturated rings. The number of rotatable bonds is 10. The largest absolute Gasteiger partial charge is 0.469 e. The van der Waals surface area contributed by atoms with E-state index in [9.17, 15) is 14.4 Å². The van der Waals surface area contributed by atoms with E-state index in [2.05, 4.69) is 14.9 Å². The van der Waals surface area contributed by atoms with Crippen LogP contribution in [0.5, 0.6) is 0 Å². The predicted octanol–water partition coefficient (Wildman–Crippen LogP) is 3.84. The maximum Gasteiger partial charge on any atom is 0.307 e. The van der Waals surface area contributed by atoms with E-state index in [1.807, 2.05) is 42.5 Å². The molecule has 0 aliphatic carbocycles. The number of esters is 2. The molecule has 1 atom stereocenters. The van der Waals surface area contributed by atoms with Crippen LogP contribution < -0.4 is 5.32 Å². The van der Waals surface area contributed by atoms with Gasteiger partial charge in [-0.2, -0.15) is 0 Å². The number of hydrogen-bond acceptors (Lipinski definition) is 5. The highest BCUT2D eigenvalue weighted by molar-refractivity contribution is 5.82. The fourth-order valence-electron chi connectivity index (χ4n) is 3.09. The zero-order valence-electron chi connectivity index (χ0n) is 17.7. The molecule has 2 rings (SSSR count). The Bertz CT molecular complexity index is 947. The highest BCUT2D eigenvalue weighted by Gasteiger charge is 2.19. The molecule has 0 aliphatic rings. The summed E-state index contributed by atoms with van der Waals surface area (Å²) in [6, 6.07) is 14.7. The van der Waals surface area contributed by atoms with Gasteiger partial charge in [-0.1, -0.05) is 42.5 Å². The van der Waals surface area contributed by atoms with Crippen LogP contribution in [0.4, 0.5) is 5.69 Å².